The molecule has 3 atom stereocenters. The lowest BCUT2D eigenvalue weighted by Crippen LogP contribution is -2.49. The van der Waals surface area contributed by atoms with Crippen LogP contribution in [0.2, 0.25) is 0 Å². The van der Waals surface area contributed by atoms with Gasteiger partial charge in [0.25, 0.3) is 5.91 Å². The van der Waals surface area contributed by atoms with Gasteiger partial charge in [-0.25, -0.2) is 12.8 Å². The number of anilines is 1. The standard InChI is InChI=1S/C21H25FN2O6S/c1-4-15-5-9-17(10-6-15)23-20(26)14(3)30-21(27)19(13(2)25)24-31(28,29)18-11-7-16(22)8-12-18/h5-14,19,24-25H,4H2,1-3H3,(H,23,26)/t13-,14+,19-/m1/s1. The van der Waals surface area contributed by atoms with Crippen molar-refractivity contribution in [1.82, 2.24) is 4.72 Å². The Kier molecular flexibility index (Phi) is 8.26. The molecule has 0 aliphatic heterocycles. The van der Waals surface area contributed by atoms with Crippen LogP contribution in [0.1, 0.15) is 26.3 Å². The van der Waals surface area contributed by atoms with E-state index in [2.05, 4.69) is 5.32 Å². The van der Waals surface area contributed by atoms with Gasteiger partial charge in [0.15, 0.2) is 6.10 Å². The predicted molar refractivity (Wildman–Crippen MR) is 112 cm³/mol. The number of halogens is 1. The van der Waals surface area contributed by atoms with Crippen LogP contribution in [0.15, 0.2) is 53.4 Å². The van der Waals surface area contributed by atoms with E-state index in [1.54, 1.807) is 12.1 Å². The Morgan fingerprint density at radius 1 is 1.06 bits per heavy atom. The summed E-state index contributed by atoms with van der Waals surface area (Å²) in [6.45, 7) is 4.51. The van der Waals surface area contributed by atoms with Crippen LogP contribution in [0.5, 0.6) is 0 Å². The summed E-state index contributed by atoms with van der Waals surface area (Å²) in [6.07, 6.45) is -1.87. The van der Waals surface area contributed by atoms with E-state index < -0.39 is 46.0 Å². The molecule has 8 nitrogen and oxygen atoms in total. The van der Waals surface area contributed by atoms with Crippen LogP contribution in [0.25, 0.3) is 0 Å². The lowest BCUT2D eigenvalue weighted by atomic mass is 10.1. The Morgan fingerprint density at radius 2 is 1.65 bits per heavy atom. The first-order valence-electron chi connectivity index (χ1n) is 9.59. The van der Waals surface area contributed by atoms with Crippen LogP contribution in [-0.4, -0.2) is 43.7 Å². The van der Waals surface area contributed by atoms with Gasteiger partial charge >= 0.3 is 5.97 Å². The van der Waals surface area contributed by atoms with Crippen molar-refractivity contribution >= 4 is 27.6 Å². The summed E-state index contributed by atoms with van der Waals surface area (Å²) in [5.41, 5.74) is 1.60. The zero-order valence-corrected chi connectivity index (χ0v) is 18.1. The van der Waals surface area contributed by atoms with Crippen LogP contribution in [0.4, 0.5) is 10.1 Å². The van der Waals surface area contributed by atoms with Crippen molar-refractivity contribution in [2.24, 2.45) is 0 Å². The maximum absolute atomic E-state index is 13.0. The van der Waals surface area contributed by atoms with Gasteiger partial charge in [-0.15, -0.1) is 0 Å². The second-order valence-corrected chi connectivity index (χ2v) is 8.63. The number of nitrogens with one attached hydrogen (secondary N) is 2. The summed E-state index contributed by atoms with van der Waals surface area (Å²) in [5.74, 6) is -2.39. The van der Waals surface area contributed by atoms with Crippen LogP contribution < -0.4 is 10.0 Å². The number of benzene rings is 2. The molecule has 0 unspecified atom stereocenters. The largest absolute Gasteiger partial charge is 0.451 e. The summed E-state index contributed by atoms with van der Waals surface area (Å²) < 4.78 is 45.0. The monoisotopic (exact) mass is 452 g/mol. The summed E-state index contributed by atoms with van der Waals surface area (Å²) in [6, 6.07) is 9.37. The average Bonchev–Trinajstić information content (AvgIpc) is 2.72. The molecule has 0 heterocycles. The number of amides is 1. The molecule has 2 rings (SSSR count). The normalized spacial score (nSPS) is 14.4. The first-order valence-corrected chi connectivity index (χ1v) is 11.1. The summed E-state index contributed by atoms with van der Waals surface area (Å²) in [5, 5.41) is 12.5. The Labute approximate surface area is 180 Å². The molecular weight excluding hydrogens is 427 g/mol. The minimum absolute atomic E-state index is 0.298. The smallest absolute Gasteiger partial charge is 0.327 e. The Hall–Kier alpha value is -2.82. The number of hydrogen-bond donors (Lipinski definition) is 3. The van der Waals surface area contributed by atoms with Crippen LogP contribution in [-0.2, 0) is 30.8 Å². The molecule has 0 aliphatic rings. The fourth-order valence-corrected chi connectivity index (χ4v) is 3.82. The number of carbonyl (C=O) groups excluding carboxylic acids is 2. The van der Waals surface area contributed by atoms with Gasteiger partial charge in [0, 0.05) is 5.69 Å². The Bertz CT molecular complexity index is 1010. The van der Waals surface area contributed by atoms with Gasteiger partial charge in [-0.3, -0.25) is 9.59 Å². The van der Waals surface area contributed by atoms with Gasteiger partial charge in [-0.1, -0.05) is 19.1 Å². The van der Waals surface area contributed by atoms with E-state index >= 15 is 0 Å². The summed E-state index contributed by atoms with van der Waals surface area (Å²) >= 11 is 0. The Balaban J connectivity index is 2.05. The first kappa shape index (κ1) is 24.4. The number of esters is 1. The zero-order valence-electron chi connectivity index (χ0n) is 17.3. The number of sulfonamides is 1. The van der Waals surface area contributed by atoms with E-state index in [0.29, 0.717) is 5.69 Å². The fourth-order valence-electron chi connectivity index (χ4n) is 2.56. The number of aliphatic hydroxyl groups is 1. The molecule has 2 aromatic rings. The third-order valence-corrected chi connectivity index (χ3v) is 5.89. The van der Waals surface area contributed by atoms with E-state index in [-0.39, 0.29) is 4.90 Å². The molecular formula is C21H25FN2O6S. The number of ether oxygens (including phenoxy) is 1. The van der Waals surface area contributed by atoms with Crippen molar-refractivity contribution in [1.29, 1.82) is 0 Å². The zero-order chi connectivity index (χ0) is 23.2. The molecule has 10 heteroatoms. The van der Waals surface area contributed by atoms with Crippen LogP contribution >= 0.6 is 0 Å². The molecule has 0 fully saturated rings. The molecule has 0 aliphatic carbocycles. The molecule has 168 valence electrons. The highest BCUT2D eigenvalue weighted by Gasteiger charge is 2.33. The number of carbonyl (C=O) groups is 2. The molecule has 0 saturated heterocycles. The molecule has 0 radical (unpaired) electrons. The molecule has 0 bridgehead atoms. The van der Waals surface area contributed by atoms with Crippen LogP contribution in [0.3, 0.4) is 0 Å². The lowest BCUT2D eigenvalue weighted by molar-refractivity contribution is -0.157. The Morgan fingerprint density at radius 3 is 2.16 bits per heavy atom. The van der Waals surface area contributed by atoms with Gasteiger partial charge in [0.1, 0.15) is 11.9 Å². The molecule has 3 N–H and O–H groups in total. The van der Waals surface area contributed by atoms with Crippen molar-refractivity contribution in [2.45, 2.75) is 50.3 Å². The second kappa shape index (κ2) is 10.5. The molecule has 1 amide bonds. The molecule has 2 aromatic carbocycles. The van der Waals surface area contributed by atoms with Crippen molar-refractivity contribution in [3.8, 4) is 0 Å². The molecule has 0 aromatic heterocycles. The van der Waals surface area contributed by atoms with Crippen molar-refractivity contribution < 1.29 is 32.2 Å². The molecule has 0 spiro atoms. The number of aryl methyl sites for hydroxylation is 1. The first-order chi connectivity index (χ1) is 14.5. The van der Waals surface area contributed by atoms with Crippen molar-refractivity contribution in [3.05, 3.63) is 59.9 Å². The van der Waals surface area contributed by atoms with Gasteiger partial charge in [0.05, 0.1) is 11.0 Å². The number of aliphatic hydroxyl groups excluding tert-OH is 1. The maximum atomic E-state index is 13.0. The minimum atomic E-state index is -4.26. The van der Waals surface area contributed by atoms with Gasteiger partial charge < -0.3 is 15.2 Å². The summed E-state index contributed by atoms with van der Waals surface area (Å²) in [4.78, 5) is 24.5. The SMILES string of the molecule is CCc1ccc(NC(=O)[C@H](C)OC(=O)[C@H](NS(=O)(=O)c2ccc(F)cc2)[C@@H](C)O)cc1. The highest BCUT2D eigenvalue weighted by atomic mass is 32.2. The van der Waals surface area contributed by atoms with Gasteiger partial charge in [-0.2, -0.15) is 4.72 Å². The molecule has 0 saturated carbocycles. The van der Waals surface area contributed by atoms with Gasteiger partial charge in [-0.05, 0) is 62.2 Å². The average molecular weight is 453 g/mol. The fraction of sp³-hybridized carbons (Fsp3) is 0.333. The quantitative estimate of drug-likeness (QED) is 0.500. The minimum Gasteiger partial charge on any atom is -0.451 e. The van der Waals surface area contributed by atoms with E-state index in [9.17, 15) is 27.5 Å². The van der Waals surface area contributed by atoms with Crippen LogP contribution in [0, 0.1) is 5.82 Å². The number of rotatable bonds is 9. The van der Waals surface area contributed by atoms with Gasteiger partial charge in [0.2, 0.25) is 10.0 Å². The summed E-state index contributed by atoms with van der Waals surface area (Å²) in [7, 11) is -4.26. The second-order valence-electron chi connectivity index (χ2n) is 6.91. The van der Waals surface area contributed by atoms with E-state index in [1.807, 2.05) is 23.8 Å². The van der Waals surface area contributed by atoms with Crippen molar-refractivity contribution in [3.63, 3.8) is 0 Å². The lowest BCUT2D eigenvalue weighted by Gasteiger charge is -2.22. The maximum Gasteiger partial charge on any atom is 0.327 e. The number of hydrogen-bond acceptors (Lipinski definition) is 6. The third kappa shape index (κ3) is 6.84. The third-order valence-electron chi connectivity index (χ3n) is 4.43. The molecule has 31 heavy (non-hydrogen) atoms. The highest BCUT2D eigenvalue weighted by Crippen LogP contribution is 2.14. The topological polar surface area (TPSA) is 122 Å². The van der Waals surface area contributed by atoms with Crippen molar-refractivity contribution in [2.75, 3.05) is 5.32 Å². The van der Waals surface area contributed by atoms with E-state index in [1.165, 1.54) is 13.8 Å². The van der Waals surface area contributed by atoms with E-state index in [0.717, 1.165) is 36.2 Å². The van der Waals surface area contributed by atoms with E-state index in [4.69, 9.17) is 4.74 Å². The predicted octanol–water partition coefficient (Wildman–Crippen LogP) is 1.99. The highest BCUT2D eigenvalue weighted by molar-refractivity contribution is 7.89.